The Labute approximate surface area is 187 Å². The van der Waals surface area contributed by atoms with Gasteiger partial charge >= 0.3 is 0 Å². The van der Waals surface area contributed by atoms with Crippen molar-refractivity contribution in [2.45, 2.75) is 12.5 Å². The van der Waals surface area contributed by atoms with E-state index in [9.17, 15) is 9.59 Å². The van der Waals surface area contributed by atoms with E-state index in [4.69, 9.17) is 10.5 Å². The number of hydrogen-bond donors (Lipinski definition) is 2. The molecule has 3 N–H and O–H groups in total. The van der Waals surface area contributed by atoms with Gasteiger partial charge in [-0.25, -0.2) is 0 Å². The molecule has 6 nitrogen and oxygen atoms in total. The first-order valence-electron chi connectivity index (χ1n) is 10.4. The molecule has 2 amide bonds. The zero-order valence-electron chi connectivity index (χ0n) is 18.0. The Morgan fingerprint density at radius 2 is 1.62 bits per heavy atom. The van der Waals surface area contributed by atoms with Crippen LogP contribution >= 0.6 is 0 Å². The Morgan fingerprint density at radius 1 is 1.00 bits per heavy atom. The molecule has 0 fully saturated rings. The minimum absolute atomic E-state index is 0.0982. The lowest BCUT2D eigenvalue weighted by atomic mass is 10.0. The van der Waals surface area contributed by atoms with Crippen molar-refractivity contribution in [3.63, 3.8) is 0 Å². The molecule has 0 radical (unpaired) electrons. The zero-order valence-corrected chi connectivity index (χ0v) is 18.0. The third-order valence-electron chi connectivity index (χ3n) is 5.27. The van der Waals surface area contributed by atoms with Gasteiger partial charge in [0.05, 0.1) is 6.04 Å². The van der Waals surface area contributed by atoms with Gasteiger partial charge in [0.1, 0.15) is 11.5 Å². The van der Waals surface area contributed by atoms with Gasteiger partial charge in [0.25, 0.3) is 5.91 Å². The second-order valence-corrected chi connectivity index (χ2v) is 7.92. The quantitative estimate of drug-likeness (QED) is 0.584. The summed E-state index contributed by atoms with van der Waals surface area (Å²) in [6.07, 6.45) is 2.34. The number of carbonyl (C=O) groups excluding carboxylic acids is 2. The monoisotopic (exact) mass is 427 g/mol. The van der Waals surface area contributed by atoms with Crippen molar-refractivity contribution in [3.8, 4) is 11.5 Å². The molecule has 162 valence electrons. The van der Waals surface area contributed by atoms with Gasteiger partial charge in [0, 0.05) is 30.9 Å². The summed E-state index contributed by atoms with van der Waals surface area (Å²) >= 11 is 0. The second-order valence-electron chi connectivity index (χ2n) is 7.92. The average Bonchev–Trinajstić information content (AvgIpc) is 3.10. The van der Waals surface area contributed by atoms with Gasteiger partial charge in [-0.1, -0.05) is 42.5 Å². The molecule has 4 rings (SSSR count). The van der Waals surface area contributed by atoms with E-state index in [2.05, 4.69) is 5.32 Å². The van der Waals surface area contributed by atoms with Crippen molar-refractivity contribution in [2.24, 2.45) is 5.73 Å². The van der Waals surface area contributed by atoms with Crippen molar-refractivity contribution in [1.29, 1.82) is 0 Å². The molecule has 1 aliphatic heterocycles. The first-order valence-corrected chi connectivity index (χ1v) is 10.4. The smallest absolute Gasteiger partial charge is 0.256 e. The number of ether oxygens (including phenoxy) is 1. The molecule has 32 heavy (non-hydrogen) atoms. The van der Waals surface area contributed by atoms with E-state index in [1.165, 1.54) is 4.90 Å². The van der Waals surface area contributed by atoms with Crippen LogP contribution in [0.25, 0.3) is 11.6 Å². The van der Waals surface area contributed by atoms with Crippen LogP contribution in [0.2, 0.25) is 0 Å². The second kappa shape index (κ2) is 9.08. The number of amides is 2. The summed E-state index contributed by atoms with van der Waals surface area (Å²) in [5, 5.41) is 2.88. The van der Waals surface area contributed by atoms with Crippen LogP contribution in [0.15, 0.2) is 72.8 Å². The maximum atomic E-state index is 12.3. The number of para-hydroxylation sites is 1. The van der Waals surface area contributed by atoms with E-state index in [-0.39, 0.29) is 11.8 Å². The molecule has 1 aliphatic rings. The first kappa shape index (κ1) is 21.3. The minimum atomic E-state index is -0.563. The van der Waals surface area contributed by atoms with E-state index >= 15 is 0 Å². The van der Waals surface area contributed by atoms with Gasteiger partial charge in [-0.2, -0.15) is 0 Å². The highest BCUT2D eigenvalue weighted by atomic mass is 16.5. The fourth-order valence-electron chi connectivity index (χ4n) is 3.58. The maximum absolute atomic E-state index is 12.3. The topological polar surface area (TPSA) is 84.7 Å². The summed E-state index contributed by atoms with van der Waals surface area (Å²) < 4.78 is 5.92. The van der Waals surface area contributed by atoms with Crippen LogP contribution in [0.3, 0.4) is 0 Å². The van der Waals surface area contributed by atoms with E-state index in [1.807, 2.05) is 78.9 Å². The minimum Gasteiger partial charge on any atom is -0.457 e. The molecule has 1 atom stereocenters. The average molecular weight is 428 g/mol. The van der Waals surface area contributed by atoms with Crippen LogP contribution in [0.4, 0.5) is 5.69 Å². The number of nitrogens with zero attached hydrogens (tertiary/aromatic N) is 1. The number of likely N-dealkylation sites (N-methyl/N-ethyl adjacent to an activating group) is 1. The lowest BCUT2D eigenvalue weighted by Gasteiger charge is -2.16. The van der Waals surface area contributed by atoms with E-state index in [0.29, 0.717) is 23.5 Å². The van der Waals surface area contributed by atoms with E-state index in [0.717, 1.165) is 22.4 Å². The van der Waals surface area contributed by atoms with Gasteiger partial charge in [0.15, 0.2) is 0 Å². The number of benzene rings is 3. The number of carbonyl (C=O) groups is 2. The molecular formula is C26H25N3O3. The molecule has 0 bridgehead atoms. The molecule has 3 aromatic carbocycles. The summed E-state index contributed by atoms with van der Waals surface area (Å²) in [4.78, 5) is 25.7. The fraction of sp³-hybridized carbons (Fsp3) is 0.154. The van der Waals surface area contributed by atoms with Crippen molar-refractivity contribution >= 4 is 29.2 Å². The molecule has 0 saturated carbocycles. The van der Waals surface area contributed by atoms with Crippen LogP contribution in [0, 0.1) is 0 Å². The van der Waals surface area contributed by atoms with Gasteiger partial charge < -0.3 is 20.7 Å². The predicted molar refractivity (Wildman–Crippen MR) is 126 cm³/mol. The zero-order chi connectivity index (χ0) is 22.7. The molecule has 0 spiro atoms. The SMILES string of the molecule is CN(C)C(=O)C(N)Cc1ccc(Oc2ccc(/C=C3/C(=O)Nc4ccccc43)cc2)cc1. The summed E-state index contributed by atoms with van der Waals surface area (Å²) in [5.41, 5.74) is 10.2. The largest absolute Gasteiger partial charge is 0.457 e. The first-order chi connectivity index (χ1) is 15.4. The molecule has 1 heterocycles. The van der Waals surface area contributed by atoms with E-state index < -0.39 is 6.04 Å². The number of nitrogens with two attached hydrogens (primary N) is 1. The van der Waals surface area contributed by atoms with Gasteiger partial charge in [0.2, 0.25) is 5.91 Å². The van der Waals surface area contributed by atoms with Gasteiger partial charge in [-0.15, -0.1) is 0 Å². The fourth-order valence-corrected chi connectivity index (χ4v) is 3.58. The number of rotatable bonds is 6. The highest BCUT2D eigenvalue weighted by Gasteiger charge is 2.23. The number of fused-ring (bicyclic) bond motifs is 1. The number of anilines is 1. The van der Waals surface area contributed by atoms with E-state index in [1.54, 1.807) is 14.1 Å². The Bertz CT molecular complexity index is 1170. The molecular weight excluding hydrogens is 402 g/mol. The normalized spacial score (nSPS) is 14.6. The standard InChI is InChI=1S/C26H25N3O3/c1-29(2)26(31)23(27)16-18-9-13-20(14-10-18)32-19-11-7-17(8-12-19)15-22-21-5-3-4-6-24(21)28-25(22)30/h3-15,23H,16,27H2,1-2H3,(H,28,30)/b22-15+. The van der Waals surface area contributed by atoms with Gasteiger partial charge in [-0.3, -0.25) is 9.59 Å². The Morgan fingerprint density at radius 3 is 2.28 bits per heavy atom. The molecule has 0 aliphatic carbocycles. The molecule has 6 heteroatoms. The van der Waals surface area contributed by atoms with Crippen LogP contribution in [0.5, 0.6) is 11.5 Å². The van der Waals surface area contributed by atoms with Crippen LogP contribution in [0.1, 0.15) is 16.7 Å². The molecule has 1 unspecified atom stereocenters. The molecule has 3 aromatic rings. The Kier molecular flexibility index (Phi) is 6.05. The lowest BCUT2D eigenvalue weighted by Crippen LogP contribution is -2.41. The van der Waals surface area contributed by atoms with Crippen LogP contribution < -0.4 is 15.8 Å². The Hall–Kier alpha value is -3.90. The summed E-state index contributed by atoms with van der Waals surface area (Å²) in [6.45, 7) is 0. The van der Waals surface area contributed by atoms with Crippen molar-refractivity contribution < 1.29 is 14.3 Å². The summed E-state index contributed by atoms with van der Waals surface area (Å²) in [5.74, 6) is 1.18. The molecule has 0 aromatic heterocycles. The highest BCUT2D eigenvalue weighted by Crippen LogP contribution is 2.33. The molecule has 0 saturated heterocycles. The summed E-state index contributed by atoms with van der Waals surface area (Å²) in [7, 11) is 3.39. The maximum Gasteiger partial charge on any atom is 0.256 e. The van der Waals surface area contributed by atoms with Gasteiger partial charge in [-0.05, 0) is 54.0 Å². The summed E-state index contributed by atoms with van der Waals surface area (Å²) in [6, 6.07) is 22.2. The lowest BCUT2D eigenvalue weighted by molar-refractivity contribution is -0.130. The van der Waals surface area contributed by atoms with Crippen LogP contribution in [-0.2, 0) is 16.0 Å². The Balaban J connectivity index is 1.41. The highest BCUT2D eigenvalue weighted by molar-refractivity contribution is 6.34. The van der Waals surface area contributed by atoms with Crippen molar-refractivity contribution in [2.75, 3.05) is 19.4 Å². The van der Waals surface area contributed by atoms with Crippen LogP contribution in [-0.4, -0.2) is 36.9 Å². The third kappa shape index (κ3) is 4.71. The predicted octanol–water partition coefficient (Wildman–Crippen LogP) is 3.93. The number of nitrogens with one attached hydrogen (secondary N) is 1. The van der Waals surface area contributed by atoms with Crippen molar-refractivity contribution in [3.05, 3.63) is 89.5 Å². The van der Waals surface area contributed by atoms with Crippen molar-refractivity contribution in [1.82, 2.24) is 4.90 Å². The number of hydrogen-bond acceptors (Lipinski definition) is 4. The third-order valence-corrected chi connectivity index (χ3v) is 5.27.